The number of hydrogen-bond acceptors (Lipinski definition) is 2. The number of benzene rings is 3. The van der Waals surface area contributed by atoms with Gasteiger partial charge in [-0.3, -0.25) is 4.79 Å². The molecule has 3 aromatic rings. The Morgan fingerprint density at radius 3 is 1.46 bits per heavy atom. The molecule has 3 aromatic carbocycles. The second kappa shape index (κ2) is 6.69. The van der Waals surface area contributed by atoms with E-state index in [0.717, 1.165) is 0 Å². The molecule has 3 heteroatoms. The molecule has 0 aliphatic rings. The summed E-state index contributed by atoms with van der Waals surface area (Å²) in [5.41, 5.74) is -0.0180. The Balaban J connectivity index is 2.26. The molecule has 2 N–H and O–H groups in total. The van der Waals surface area contributed by atoms with Crippen molar-refractivity contribution in [2.24, 2.45) is 0 Å². The zero-order valence-electron chi connectivity index (χ0n) is 13.0. The third-order valence-corrected chi connectivity index (χ3v) is 4.23. The maximum atomic E-state index is 12.1. The zero-order chi connectivity index (χ0) is 17.0. The first-order chi connectivity index (χ1) is 11.6. The lowest BCUT2D eigenvalue weighted by Crippen LogP contribution is -2.39. The van der Waals surface area contributed by atoms with Gasteiger partial charge in [0.05, 0.1) is 0 Å². The molecule has 0 aliphatic carbocycles. The molecule has 1 unspecified atom stereocenters. The zero-order valence-corrected chi connectivity index (χ0v) is 13.0. The average Bonchev–Trinajstić information content (AvgIpc) is 2.64. The lowest BCUT2D eigenvalue weighted by atomic mass is 9.73. The summed E-state index contributed by atoms with van der Waals surface area (Å²) < 4.78 is 0. The van der Waals surface area contributed by atoms with Gasteiger partial charge in [-0.1, -0.05) is 91.0 Å². The smallest absolute Gasteiger partial charge is 0.314 e. The Hall–Kier alpha value is -2.91. The van der Waals surface area contributed by atoms with Gasteiger partial charge in [-0.05, 0) is 16.7 Å². The predicted octanol–water partition coefficient (Wildman–Crippen LogP) is 3.79. The molecule has 0 saturated carbocycles. The van der Waals surface area contributed by atoms with Crippen molar-refractivity contribution in [3.8, 4) is 0 Å². The molecule has 120 valence electrons. The fourth-order valence-corrected chi connectivity index (χ4v) is 3.09. The van der Waals surface area contributed by atoms with E-state index in [-0.39, 0.29) is 0 Å². The number of carboxylic acids is 1. The van der Waals surface area contributed by atoms with Crippen LogP contribution in [-0.4, -0.2) is 16.2 Å². The molecule has 3 nitrogen and oxygen atoms in total. The van der Waals surface area contributed by atoms with Gasteiger partial charge in [-0.2, -0.15) is 0 Å². The minimum absolute atomic E-state index is 0.549. The van der Waals surface area contributed by atoms with E-state index in [1.165, 1.54) is 0 Å². The highest BCUT2D eigenvalue weighted by Gasteiger charge is 2.45. The van der Waals surface area contributed by atoms with Crippen molar-refractivity contribution in [2.75, 3.05) is 0 Å². The molecular weight excluding hydrogens is 300 g/mol. The van der Waals surface area contributed by atoms with Crippen LogP contribution in [0.15, 0.2) is 91.0 Å². The van der Waals surface area contributed by atoms with Gasteiger partial charge in [0.1, 0.15) is 11.5 Å². The number of aliphatic hydroxyl groups is 1. The summed E-state index contributed by atoms with van der Waals surface area (Å²) in [5, 5.41) is 21.6. The summed E-state index contributed by atoms with van der Waals surface area (Å²) in [7, 11) is 0. The Kier molecular flexibility index (Phi) is 4.45. The first-order valence-electron chi connectivity index (χ1n) is 7.75. The first kappa shape index (κ1) is 16.0. The fourth-order valence-electron chi connectivity index (χ4n) is 3.09. The maximum Gasteiger partial charge on any atom is 0.314 e. The molecule has 0 spiro atoms. The lowest BCUT2D eigenvalue weighted by Gasteiger charge is -2.35. The number of hydrogen-bond donors (Lipinski definition) is 2. The average molecular weight is 318 g/mol. The number of carbonyl (C=O) groups is 1. The van der Waals surface area contributed by atoms with Crippen LogP contribution in [0.2, 0.25) is 0 Å². The fraction of sp³-hybridized carbons (Fsp3) is 0.0952. The topological polar surface area (TPSA) is 57.5 Å². The second-order valence-electron chi connectivity index (χ2n) is 5.68. The largest absolute Gasteiger partial charge is 0.481 e. The number of rotatable bonds is 5. The highest BCUT2D eigenvalue weighted by molar-refractivity contribution is 5.79. The van der Waals surface area contributed by atoms with Gasteiger partial charge in [0.15, 0.2) is 0 Å². The van der Waals surface area contributed by atoms with Gasteiger partial charge < -0.3 is 10.2 Å². The molecule has 1 atom stereocenters. The normalized spacial score (nSPS) is 12.5. The molecule has 0 saturated heterocycles. The van der Waals surface area contributed by atoms with Crippen molar-refractivity contribution in [3.05, 3.63) is 108 Å². The lowest BCUT2D eigenvalue weighted by molar-refractivity contribution is -0.144. The molecule has 0 aromatic heterocycles. The van der Waals surface area contributed by atoms with Crippen LogP contribution in [0.3, 0.4) is 0 Å². The van der Waals surface area contributed by atoms with Gasteiger partial charge in [0.2, 0.25) is 0 Å². The second-order valence-corrected chi connectivity index (χ2v) is 5.68. The van der Waals surface area contributed by atoms with E-state index in [1.807, 2.05) is 18.2 Å². The van der Waals surface area contributed by atoms with Crippen LogP contribution in [0, 0.1) is 0 Å². The van der Waals surface area contributed by atoms with Gasteiger partial charge in [-0.15, -0.1) is 0 Å². The van der Waals surface area contributed by atoms with E-state index < -0.39 is 17.5 Å². The van der Waals surface area contributed by atoms with Crippen molar-refractivity contribution in [2.45, 2.75) is 11.5 Å². The van der Waals surface area contributed by atoms with E-state index in [1.54, 1.807) is 72.8 Å². The maximum absolute atomic E-state index is 12.1. The summed E-state index contributed by atoms with van der Waals surface area (Å²) in [6.07, 6.45) is 0. The third kappa shape index (κ3) is 2.82. The van der Waals surface area contributed by atoms with Crippen LogP contribution in [0.4, 0.5) is 0 Å². The van der Waals surface area contributed by atoms with Gasteiger partial charge in [0.25, 0.3) is 0 Å². The van der Waals surface area contributed by atoms with Crippen LogP contribution in [-0.2, 0) is 10.4 Å². The molecule has 0 bridgehead atoms. The van der Waals surface area contributed by atoms with Gasteiger partial charge in [0, 0.05) is 0 Å². The Labute approximate surface area is 140 Å². The number of carboxylic acid groups (broad SMARTS) is 1. The molecule has 24 heavy (non-hydrogen) atoms. The van der Waals surface area contributed by atoms with E-state index in [0.29, 0.717) is 16.7 Å². The molecule has 0 radical (unpaired) electrons. The molecule has 0 aliphatic heterocycles. The van der Waals surface area contributed by atoms with Crippen molar-refractivity contribution in [3.63, 3.8) is 0 Å². The Morgan fingerprint density at radius 1 is 0.708 bits per heavy atom. The van der Waals surface area contributed by atoms with E-state index >= 15 is 0 Å². The van der Waals surface area contributed by atoms with E-state index in [4.69, 9.17) is 0 Å². The summed E-state index contributed by atoms with van der Waals surface area (Å²) in [4.78, 5) is 12.1. The van der Waals surface area contributed by atoms with Gasteiger partial charge >= 0.3 is 5.97 Å². The summed E-state index contributed by atoms with van der Waals surface area (Å²) in [5.74, 6) is -2.19. The first-order valence-corrected chi connectivity index (χ1v) is 7.75. The van der Waals surface area contributed by atoms with Crippen LogP contribution in [0.1, 0.15) is 22.6 Å². The third-order valence-electron chi connectivity index (χ3n) is 4.23. The minimum Gasteiger partial charge on any atom is -0.481 e. The standard InChI is InChI=1S/C21H18O3/c22-20(23)19(16-10-4-1-5-11-16)21(24,17-12-6-2-7-13-17)18-14-8-3-9-15-18/h1-15,19,24H,(H,22,23). The van der Waals surface area contributed by atoms with Crippen molar-refractivity contribution in [1.82, 2.24) is 0 Å². The quantitative estimate of drug-likeness (QED) is 0.752. The monoisotopic (exact) mass is 318 g/mol. The Morgan fingerprint density at radius 2 is 1.08 bits per heavy atom. The van der Waals surface area contributed by atoms with Gasteiger partial charge in [-0.25, -0.2) is 0 Å². The van der Waals surface area contributed by atoms with Crippen LogP contribution >= 0.6 is 0 Å². The summed E-state index contributed by atoms with van der Waals surface area (Å²) >= 11 is 0. The van der Waals surface area contributed by atoms with Crippen LogP contribution < -0.4 is 0 Å². The Bertz CT molecular complexity index is 759. The molecular formula is C21H18O3. The van der Waals surface area contributed by atoms with Crippen LogP contribution in [0.5, 0.6) is 0 Å². The predicted molar refractivity (Wildman–Crippen MR) is 92.7 cm³/mol. The van der Waals surface area contributed by atoms with E-state index in [2.05, 4.69) is 0 Å². The molecule has 0 fully saturated rings. The number of aliphatic carboxylic acids is 1. The van der Waals surface area contributed by atoms with Crippen molar-refractivity contribution in [1.29, 1.82) is 0 Å². The molecule has 0 amide bonds. The molecule has 3 rings (SSSR count). The summed E-state index contributed by atoms with van der Waals surface area (Å²) in [6, 6.07) is 26.7. The SMILES string of the molecule is O=C(O)C(c1ccccc1)C(O)(c1ccccc1)c1ccccc1. The van der Waals surface area contributed by atoms with Crippen LogP contribution in [0.25, 0.3) is 0 Å². The van der Waals surface area contributed by atoms with Crippen molar-refractivity contribution < 1.29 is 15.0 Å². The minimum atomic E-state index is -1.67. The van der Waals surface area contributed by atoms with Crippen molar-refractivity contribution >= 4 is 5.97 Å². The summed E-state index contributed by atoms with van der Waals surface area (Å²) in [6.45, 7) is 0. The highest BCUT2D eigenvalue weighted by Crippen LogP contribution is 2.42. The van der Waals surface area contributed by atoms with E-state index in [9.17, 15) is 15.0 Å². The molecule has 0 heterocycles. The highest BCUT2D eigenvalue weighted by atomic mass is 16.4.